The molecule has 0 aromatic heterocycles. The summed E-state index contributed by atoms with van der Waals surface area (Å²) in [6, 6.07) is 0. The molecule has 0 aliphatic rings. The van der Waals surface area contributed by atoms with Crippen molar-refractivity contribution in [2.24, 2.45) is 0 Å². The van der Waals surface area contributed by atoms with Gasteiger partial charge in [-0.05, 0) is 0 Å². The van der Waals surface area contributed by atoms with E-state index in [2.05, 4.69) is 13.8 Å². The Morgan fingerprint density at radius 3 is 1.00 bits per heavy atom. The lowest BCUT2D eigenvalue weighted by molar-refractivity contribution is 1.09. The van der Waals surface area contributed by atoms with Gasteiger partial charge in [-0.15, -0.1) is 29.4 Å². The van der Waals surface area contributed by atoms with Gasteiger partial charge < -0.3 is 0 Å². The topological polar surface area (TPSA) is 0 Å². The minimum absolute atomic E-state index is 0. The zero-order valence-electron chi connectivity index (χ0n) is 5.93. The fraction of sp³-hybridized carbons (Fsp3) is 1.00. The van der Waals surface area contributed by atoms with Crippen LogP contribution >= 0.6 is 29.4 Å². The lowest BCUT2D eigenvalue weighted by atomic mass is 10.6. The average Bonchev–Trinajstić information content (AvgIpc) is 1.46. The van der Waals surface area contributed by atoms with Gasteiger partial charge in [-0.3, -0.25) is 4.70 Å². The van der Waals surface area contributed by atoms with E-state index in [1.54, 1.807) is 0 Å². The molecule has 0 spiro atoms. The van der Waals surface area contributed by atoms with Crippen molar-refractivity contribution in [3.05, 3.63) is 0 Å². The third-order valence-corrected chi connectivity index (χ3v) is 0. The van der Waals surface area contributed by atoms with E-state index >= 15 is 0 Å². The first-order valence-electron chi connectivity index (χ1n) is 2.41. The van der Waals surface area contributed by atoms with E-state index in [-0.39, 0.29) is 41.5 Å². The molecule has 0 N–H and O–H groups in total. The standard InChI is InChI=1S/C3H8.C2H6.CH4.BrH.ClH.FH/c1-3-2;1-2;;;;/h3H2,1-2H3;1-2H3;1H4;3*1H. The highest BCUT2D eigenvalue weighted by Crippen LogP contribution is 1.56. The van der Waals surface area contributed by atoms with Crippen LogP contribution in [-0.2, 0) is 0 Å². The van der Waals surface area contributed by atoms with Crippen molar-refractivity contribution in [2.45, 2.75) is 41.5 Å². The van der Waals surface area contributed by atoms with Gasteiger partial charge in [0.25, 0.3) is 0 Å². The highest BCUT2D eigenvalue weighted by atomic mass is 79.9. The van der Waals surface area contributed by atoms with Crippen LogP contribution < -0.4 is 0 Å². The maximum Gasteiger partial charge on any atom is -0.0590 e. The molecule has 66 valence electrons. The van der Waals surface area contributed by atoms with Gasteiger partial charge in [0.2, 0.25) is 0 Å². The van der Waals surface area contributed by atoms with Crippen molar-refractivity contribution in [3.63, 3.8) is 0 Å². The summed E-state index contributed by atoms with van der Waals surface area (Å²) in [5.41, 5.74) is 0. The molecular formula is C6H21BrClF. The average molecular weight is 228 g/mol. The lowest BCUT2D eigenvalue weighted by Crippen LogP contribution is -1.27. The number of halogens is 3. The summed E-state index contributed by atoms with van der Waals surface area (Å²) in [5, 5.41) is 0. The van der Waals surface area contributed by atoms with Crippen LogP contribution in [0.25, 0.3) is 0 Å². The van der Waals surface area contributed by atoms with E-state index in [4.69, 9.17) is 0 Å². The third-order valence-electron chi connectivity index (χ3n) is 0. The third kappa shape index (κ3) is 797. The van der Waals surface area contributed by atoms with Crippen LogP contribution in [-0.4, -0.2) is 0 Å². The molecule has 0 nitrogen and oxygen atoms in total. The summed E-state index contributed by atoms with van der Waals surface area (Å²) in [6.07, 6.45) is 1.25. The fourth-order valence-corrected chi connectivity index (χ4v) is 0. The Labute approximate surface area is 76.0 Å². The van der Waals surface area contributed by atoms with Crippen LogP contribution in [0.3, 0.4) is 0 Å². The highest BCUT2D eigenvalue weighted by Gasteiger charge is 1.35. The van der Waals surface area contributed by atoms with Crippen LogP contribution in [0.5, 0.6) is 0 Å². The Bertz CT molecular complexity index is 13.0. The van der Waals surface area contributed by atoms with Gasteiger partial charge in [-0.25, -0.2) is 0 Å². The number of hydrogen-bond acceptors (Lipinski definition) is 0. The molecule has 0 aromatic carbocycles. The van der Waals surface area contributed by atoms with Crippen molar-refractivity contribution < 1.29 is 4.70 Å². The van der Waals surface area contributed by atoms with Gasteiger partial charge >= 0.3 is 0 Å². The maximum absolute atomic E-state index is 2.12. The molecule has 0 aliphatic carbocycles. The van der Waals surface area contributed by atoms with Gasteiger partial charge in [0.1, 0.15) is 0 Å². The first-order valence-corrected chi connectivity index (χ1v) is 2.41. The van der Waals surface area contributed by atoms with E-state index < -0.39 is 0 Å². The molecule has 0 fully saturated rings. The second-order valence-electron chi connectivity index (χ2n) is 0.707. The second kappa shape index (κ2) is 178. The second-order valence-corrected chi connectivity index (χ2v) is 0.707. The molecule has 0 unspecified atom stereocenters. The quantitative estimate of drug-likeness (QED) is 0.581. The Kier molecular flexibility index (Phi) is 1060. The first-order chi connectivity index (χ1) is 2.41. The van der Waals surface area contributed by atoms with E-state index in [1.165, 1.54) is 6.42 Å². The Morgan fingerprint density at radius 2 is 1.00 bits per heavy atom. The molecule has 3 heteroatoms. The van der Waals surface area contributed by atoms with Crippen molar-refractivity contribution in [1.82, 2.24) is 0 Å². The molecular weight excluding hydrogens is 206 g/mol. The van der Waals surface area contributed by atoms with Crippen molar-refractivity contribution in [2.75, 3.05) is 0 Å². The predicted molar refractivity (Wildman–Crippen MR) is 54.1 cm³/mol. The largest absolute Gasteiger partial charge is 0.269 e. The minimum Gasteiger partial charge on any atom is -0.269 e. The van der Waals surface area contributed by atoms with Crippen molar-refractivity contribution in [3.8, 4) is 0 Å². The summed E-state index contributed by atoms with van der Waals surface area (Å²) >= 11 is 0. The summed E-state index contributed by atoms with van der Waals surface area (Å²) < 4.78 is 0. The molecule has 0 amide bonds. The molecule has 0 bridgehead atoms. The van der Waals surface area contributed by atoms with Gasteiger partial charge in [0.05, 0.1) is 0 Å². The number of hydrogen-bond donors (Lipinski definition) is 0. The number of rotatable bonds is 0. The normalized spacial score (nSPS) is 2.67. The molecule has 0 saturated carbocycles. The highest BCUT2D eigenvalue weighted by molar-refractivity contribution is 8.93. The van der Waals surface area contributed by atoms with Crippen LogP contribution in [0.1, 0.15) is 41.5 Å². The van der Waals surface area contributed by atoms with Crippen molar-refractivity contribution in [1.29, 1.82) is 0 Å². The zero-order valence-corrected chi connectivity index (χ0v) is 8.46. The summed E-state index contributed by atoms with van der Waals surface area (Å²) in [5.74, 6) is 0. The van der Waals surface area contributed by atoms with Gasteiger partial charge in [-0.2, -0.15) is 0 Å². The monoisotopic (exact) mass is 226 g/mol. The van der Waals surface area contributed by atoms with Crippen LogP contribution in [0.4, 0.5) is 4.70 Å². The minimum atomic E-state index is 0. The molecule has 0 saturated heterocycles. The maximum atomic E-state index is 2.12. The molecule has 0 aromatic rings. The van der Waals surface area contributed by atoms with Gasteiger partial charge in [0, 0.05) is 0 Å². The van der Waals surface area contributed by atoms with E-state index in [9.17, 15) is 0 Å². The van der Waals surface area contributed by atoms with Crippen LogP contribution in [0.15, 0.2) is 0 Å². The summed E-state index contributed by atoms with van der Waals surface area (Å²) in [4.78, 5) is 0. The Balaban J connectivity index is -0.00000000357. The smallest absolute Gasteiger partial charge is 0.0590 e. The van der Waals surface area contributed by atoms with Crippen molar-refractivity contribution >= 4 is 29.4 Å². The summed E-state index contributed by atoms with van der Waals surface area (Å²) in [7, 11) is 0. The fourth-order valence-electron chi connectivity index (χ4n) is 0. The summed E-state index contributed by atoms with van der Waals surface area (Å²) in [6.45, 7) is 8.25. The van der Waals surface area contributed by atoms with Crippen LogP contribution in [0.2, 0.25) is 0 Å². The van der Waals surface area contributed by atoms with Gasteiger partial charge in [0.15, 0.2) is 0 Å². The van der Waals surface area contributed by atoms with E-state index in [1.807, 2.05) is 13.8 Å². The van der Waals surface area contributed by atoms with Gasteiger partial charge in [-0.1, -0.05) is 41.5 Å². The Morgan fingerprint density at radius 1 is 1.00 bits per heavy atom. The van der Waals surface area contributed by atoms with E-state index in [0.29, 0.717) is 0 Å². The zero-order chi connectivity index (χ0) is 4.71. The molecule has 0 atom stereocenters. The Hall–Kier alpha value is 0.700. The first kappa shape index (κ1) is 53.6. The molecule has 0 aliphatic heterocycles. The lowest BCUT2D eigenvalue weighted by Gasteiger charge is -1.48. The molecule has 0 radical (unpaired) electrons. The molecule has 0 rings (SSSR count). The SMILES string of the molecule is Br.C.CC.CCC.Cl.F. The molecule has 9 heavy (non-hydrogen) atoms. The van der Waals surface area contributed by atoms with E-state index in [0.717, 1.165) is 0 Å². The predicted octanol–water partition coefficient (Wildman–Crippen LogP) is 4.23. The van der Waals surface area contributed by atoms with Crippen LogP contribution in [0, 0.1) is 0 Å². The molecule has 0 heterocycles.